The molecule has 0 heterocycles. The number of alkyl halides is 3. The van der Waals surface area contributed by atoms with Crippen LogP contribution in [0.15, 0.2) is 29.2 Å². The Bertz CT molecular complexity index is 598. The Kier molecular flexibility index (Phi) is 4.77. The minimum absolute atomic E-state index is 0.162. The van der Waals surface area contributed by atoms with Crippen LogP contribution in [0.5, 0.6) is 0 Å². The molecular weight excluding hydrogens is 299 g/mol. The second-order valence-corrected chi connectivity index (χ2v) is 5.79. The number of likely N-dealkylation sites (N-methyl/N-ethyl adjacent to an activating group) is 1. The Labute approximate surface area is 113 Å². The van der Waals surface area contributed by atoms with E-state index in [1.54, 1.807) is 0 Å². The number of carboxylic acid groups (broad SMARTS) is 1. The molecule has 1 aromatic carbocycles. The second kappa shape index (κ2) is 5.80. The van der Waals surface area contributed by atoms with E-state index in [4.69, 9.17) is 5.11 Å². The summed E-state index contributed by atoms with van der Waals surface area (Å²) in [4.78, 5) is 10.00. The molecule has 0 aliphatic heterocycles. The van der Waals surface area contributed by atoms with E-state index in [1.165, 1.54) is 6.92 Å². The maximum atomic E-state index is 12.5. The second-order valence-electron chi connectivity index (χ2n) is 3.85. The van der Waals surface area contributed by atoms with Crippen LogP contribution in [-0.2, 0) is 21.0 Å². The minimum atomic E-state index is -4.67. The molecule has 0 aliphatic carbocycles. The standard InChI is InChI=1S/C11H12F3NO4S/c1-2-15(7-10(16)17)20(18,19)9-5-3-4-8(6-9)11(12,13)14/h3-6H,2,7H2,1H3,(H,16,17). The van der Waals surface area contributed by atoms with Gasteiger partial charge in [0.15, 0.2) is 0 Å². The van der Waals surface area contributed by atoms with Crippen molar-refractivity contribution in [3.8, 4) is 0 Å². The number of hydrogen-bond acceptors (Lipinski definition) is 3. The van der Waals surface area contributed by atoms with E-state index in [0.717, 1.165) is 18.2 Å². The summed E-state index contributed by atoms with van der Waals surface area (Å²) in [5, 5.41) is 8.62. The van der Waals surface area contributed by atoms with E-state index in [2.05, 4.69) is 0 Å². The maximum absolute atomic E-state index is 12.5. The van der Waals surface area contributed by atoms with Gasteiger partial charge in [-0.3, -0.25) is 4.79 Å². The highest BCUT2D eigenvalue weighted by Gasteiger charge is 2.33. The van der Waals surface area contributed by atoms with Crippen molar-refractivity contribution < 1.29 is 31.5 Å². The van der Waals surface area contributed by atoms with Crippen LogP contribution in [0.4, 0.5) is 13.2 Å². The van der Waals surface area contributed by atoms with E-state index in [0.29, 0.717) is 10.4 Å². The molecule has 0 amide bonds. The van der Waals surface area contributed by atoms with E-state index >= 15 is 0 Å². The van der Waals surface area contributed by atoms with Crippen LogP contribution in [0.3, 0.4) is 0 Å². The van der Waals surface area contributed by atoms with Crippen molar-refractivity contribution >= 4 is 16.0 Å². The van der Waals surface area contributed by atoms with Gasteiger partial charge >= 0.3 is 12.1 Å². The number of hydrogen-bond donors (Lipinski definition) is 1. The molecule has 5 nitrogen and oxygen atoms in total. The van der Waals surface area contributed by atoms with Crippen LogP contribution in [-0.4, -0.2) is 36.9 Å². The van der Waals surface area contributed by atoms with E-state index in [-0.39, 0.29) is 6.54 Å². The summed E-state index contributed by atoms with van der Waals surface area (Å²) >= 11 is 0. The van der Waals surface area contributed by atoms with Crippen LogP contribution >= 0.6 is 0 Å². The molecule has 0 atom stereocenters. The lowest BCUT2D eigenvalue weighted by atomic mass is 10.2. The molecule has 0 saturated heterocycles. The molecule has 0 fully saturated rings. The van der Waals surface area contributed by atoms with Gasteiger partial charge in [-0.15, -0.1) is 0 Å². The van der Waals surface area contributed by atoms with Crippen molar-refractivity contribution in [3.63, 3.8) is 0 Å². The lowest BCUT2D eigenvalue weighted by Gasteiger charge is -2.19. The molecule has 0 radical (unpaired) electrons. The summed E-state index contributed by atoms with van der Waals surface area (Å²) in [6, 6.07) is 3.19. The Morgan fingerprint density at radius 2 is 1.95 bits per heavy atom. The molecule has 0 bridgehead atoms. The number of halogens is 3. The number of nitrogens with zero attached hydrogens (tertiary/aromatic N) is 1. The van der Waals surface area contributed by atoms with E-state index in [9.17, 15) is 26.4 Å². The normalized spacial score (nSPS) is 12.7. The van der Waals surface area contributed by atoms with Gasteiger partial charge in [-0.1, -0.05) is 13.0 Å². The molecular formula is C11H12F3NO4S. The molecule has 0 aromatic heterocycles. The molecule has 1 rings (SSSR count). The highest BCUT2D eigenvalue weighted by atomic mass is 32.2. The van der Waals surface area contributed by atoms with Crippen molar-refractivity contribution in [2.75, 3.05) is 13.1 Å². The average molecular weight is 311 g/mol. The predicted octanol–water partition coefficient (Wildman–Crippen LogP) is 1.80. The summed E-state index contributed by atoms with van der Waals surface area (Å²) < 4.78 is 62.4. The molecule has 1 N–H and O–H groups in total. The highest BCUT2D eigenvalue weighted by molar-refractivity contribution is 7.89. The number of sulfonamides is 1. The number of aliphatic carboxylic acids is 1. The van der Waals surface area contributed by atoms with Gasteiger partial charge in [0.05, 0.1) is 10.5 Å². The minimum Gasteiger partial charge on any atom is -0.480 e. The number of rotatable bonds is 5. The smallest absolute Gasteiger partial charge is 0.416 e. The molecule has 0 aliphatic rings. The zero-order valence-corrected chi connectivity index (χ0v) is 11.2. The Balaban J connectivity index is 3.25. The Morgan fingerprint density at radius 3 is 2.40 bits per heavy atom. The average Bonchev–Trinajstić information content (AvgIpc) is 2.34. The van der Waals surface area contributed by atoms with Gasteiger partial charge in [0.1, 0.15) is 6.54 Å². The first-order chi connectivity index (χ1) is 9.09. The van der Waals surface area contributed by atoms with E-state index in [1.807, 2.05) is 0 Å². The zero-order valence-electron chi connectivity index (χ0n) is 10.4. The molecule has 1 aromatic rings. The van der Waals surface area contributed by atoms with Crippen molar-refractivity contribution in [2.24, 2.45) is 0 Å². The van der Waals surface area contributed by atoms with Crippen molar-refractivity contribution in [1.29, 1.82) is 0 Å². The number of carbonyl (C=O) groups is 1. The lowest BCUT2D eigenvalue weighted by molar-refractivity contribution is -0.138. The lowest BCUT2D eigenvalue weighted by Crippen LogP contribution is -2.35. The summed E-state index contributed by atoms with van der Waals surface area (Å²) in [5.74, 6) is -1.39. The number of carboxylic acids is 1. The monoisotopic (exact) mass is 311 g/mol. The summed E-state index contributed by atoms with van der Waals surface area (Å²) in [7, 11) is -4.28. The Morgan fingerprint density at radius 1 is 1.35 bits per heavy atom. The van der Waals surface area contributed by atoms with Gasteiger partial charge in [-0.25, -0.2) is 8.42 Å². The third-order valence-electron chi connectivity index (χ3n) is 2.46. The summed E-state index contributed by atoms with van der Waals surface area (Å²) in [6.07, 6.45) is -4.67. The molecule has 0 saturated carbocycles. The fourth-order valence-corrected chi connectivity index (χ4v) is 2.94. The van der Waals surface area contributed by atoms with E-state index < -0.39 is 39.2 Å². The molecule has 0 unspecified atom stereocenters. The fourth-order valence-electron chi connectivity index (χ4n) is 1.50. The van der Waals surface area contributed by atoms with Gasteiger partial charge in [0.2, 0.25) is 10.0 Å². The topological polar surface area (TPSA) is 74.7 Å². The first kappa shape index (κ1) is 16.4. The van der Waals surface area contributed by atoms with Crippen molar-refractivity contribution in [1.82, 2.24) is 4.31 Å². The van der Waals surface area contributed by atoms with Crippen LogP contribution in [0.2, 0.25) is 0 Å². The summed E-state index contributed by atoms with van der Waals surface area (Å²) in [6.45, 7) is 0.425. The van der Waals surface area contributed by atoms with Crippen molar-refractivity contribution in [3.05, 3.63) is 29.8 Å². The Hall–Kier alpha value is -1.61. The highest BCUT2D eigenvalue weighted by Crippen LogP contribution is 2.31. The third-order valence-corrected chi connectivity index (χ3v) is 4.38. The van der Waals surface area contributed by atoms with Crippen LogP contribution < -0.4 is 0 Å². The van der Waals surface area contributed by atoms with Crippen molar-refractivity contribution in [2.45, 2.75) is 18.0 Å². The van der Waals surface area contributed by atoms with Gasteiger partial charge in [0, 0.05) is 6.54 Å². The largest absolute Gasteiger partial charge is 0.480 e. The third kappa shape index (κ3) is 3.70. The SMILES string of the molecule is CCN(CC(=O)O)S(=O)(=O)c1cccc(C(F)(F)F)c1. The fraction of sp³-hybridized carbons (Fsp3) is 0.364. The van der Waals surface area contributed by atoms with Gasteiger partial charge in [-0.2, -0.15) is 17.5 Å². The molecule has 112 valence electrons. The van der Waals surface area contributed by atoms with Gasteiger partial charge < -0.3 is 5.11 Å². The molecule has 9 heteroatoms. The molecule has 0 spiro atoms. The number of benzene rings is 1. The quantitative estimate of drug-likeness (QED) is 0.900. The molecule has 20 heavy (non-hydrogen) atoms. The van der Waals surface area contributed by atoms with Gasteiger partial charge in [-0.05, 0) is 18.2 Å². The first-order valence-corrected chi connectivity index (χ1v) is 6.92. The predicted molar refractivity (Wildman–Crippen MR) is 63.5 cm³/mol. The zero-order chi connectivity index (χ0) is 15.6. The van der Waals surface area contributed by atoms with Crippen LogP contribution in [0.25, 0.3) is 0 Å². The first-order valence-electron chi connectivity index (χ1n) is 5.48. The van der Waals surface area contributed by atoms with Gasteiger partial charge in [0.25, 0.3) is 0 Å². The summed E-state index contributed by atoms with van der Waals surface area (Å²) in [5.41, 5.74) is -1.11. The maximum Gasteiger partial charge on any atom is 0.416 e. The van der Waals surface area contributed by atoms with Crippen LogP contribution in [0.1, 0.15) is 12.5 Å². The van der Waals surface area contributed by atoms with Crippen LogP contribution in [0, 0.1) is 0 Å².